The van der Waals surface area contributed by atoms with E-state index >= 15 is 0 Å². The molecule has 0 aliphatic heterocycles. The standard InChI is InChI=1S/C17H19BrOS/c1-11-9-16(20-17(11)18)15(19)10-13-7-4-6-12-5-2-3-8-14(12)13/h2-3,5,8-9,13,15,19H,4,6-7,10H2,1H3. The van der Waals surface area contributed by atoms with Crippen LogP contribution in [0.3, 0.4) is 0 Å². The molecule has 1 nitrogen and oxygen atoms in total. The molecule has 2 atom stereocenters. The molecule has 2 aromatic rings. The van der Waals surface area contributed by atoms with Gasteiger partial charge in [-0.05, 0) is 77.2 Å². The van der Waals surface area contributed by atoms with E-state index in [0.717, 1.165) is 15.1 Å². The molecule has 1 aliphatic carbocycles. The lowest BCUT2D eigenvalue weighted by atomic mass is 9.80. The number of aliphatic hydroxyl groups excluding tert-OH is 1. The third-order valence-corrected chi connectivity index (χ3v) is 6.44. The van der Waals surface area contributed by atoms with Crippen molar-refractivity contribution in [2.24, 2.45) is 0 Å². The summed E-state index contributed by atoms with van der Waals surface area (Å²) in [6.45, 7) is 2.08. The van der Waals surface area contributed by atoms with Crippen LogP contribution in [0.5, 0.6) is 0 Å². The molecule has 3 rings (SSSR count). The molecule has 1 aromatic carbocycles. The Morgan fingerprint density at radius 1 is 1.40 bits per heavy atom. The highest BCUT2D eigenvalue weighted by Crippen LogP contribution is 2.40. The van der Waals surface area contributed by atoms with Crippen LogP contribution in [0.15, 0.2) is 34.1 Å². The van der Waals surface area contributed by atoms with E-state index in [9.17, 15) is 5.11 Å². The number of rotatable bonds is 3. The molecule has 1 aromatic heterocycles. The highest BCUT2D eigenvalue weighted by Gasteiger charge is 2.24. The van der Waals surface area contributed by atoms with Gasteiger partial charge in [-0.3, -0.25) is 0 Å². The van der Waals surface area contributed by atoms with Gasteiger partial charge in [-0.2, -0.15) is 0 Å². The number of benzene rings is 1. The zero-order chi connectivity index (χ0) is 14.1. The quantitative estimate of drug-likeness (QED) is 0.789. The molecular formula is C17H19BrOS. The van der Waals surface area contributed by atoms with Crippen LogP contribution in [-0.2, 0) is 6.42 Å². The highest BCUT2D eigenvalue weighted by atomic mass is 79.9. The van der Waals surface area contributed by atoms with Crippen LogP contribution in [0.2, 0.25) is 0 Å². The molecule has 0 bridgehead atoms. The van der Waals surface area contributed by atoms with Crippen LogP contribution in [-0.4, -0.2) is 5.11 Å². The van der Waals surface area contributed by atoms with E-state index in [-0.39, 0.29) is 6.10 Å². The Labute approximate surface area is 132 Å². The van der Waals surface area contributed by atoms with Crippen molar-refractivity contribution in [1.82, 2.24) is 0 Å². The zero-order valence-electron chi connectivity index (χ0n) is 11.6. The van der Waals surface area contributed by atoms with Crippen molar-refractivity contribution in [3.8, 4) is 0 Å². The van der Waals surface area contributed by atoms with Crippen molar-refractivity contribution in [2.45, 2.75) is 44.6 Å². The Morgan fingerprint density at radius 2 is 2.20 bits per heavy atom. The molecule has 0 radical (unpaired) electrons. The van der Waals surface area contributed by atoms with E-state index in [1.54, 1.807) is 11.3 Å². The molecule has 0 spiro atoms. The number of thiophene rings is 1. The summed E-state index contributed by atoms with van der Waals surface area (Å²) in [5, 5.41) is 10.5. The van der Waals surface area contributed by atoms with E-state index in [2.05, 4.69) is 53.2 Å². The second-order valence-electron chi connectivity index (χ2n) is 5.64. The maximum absolute atomic E-state index is 10.5. The van der Waals surface area contributed by atoms with Gasteiger partial charge in [0.2, 0.25) is 0 Å². The van der Waals surface area contributed by atoms with Crippen molar-refractivity contribution < 1.29 is 5.11 Å². The summed E-state index contributed by atoms with van der Waals surface area (Å²) in [7, 11) is 0. The monoisotopic (exact) mass is 350 g/mol. The summed E-state index contributed by atoms with van der Waals surface area (Å²) in [6, 6.07) is 10.8. The van der Waals surface area contributed by atoms with E-state index < -0.39 is 0 Å². The average Bonchev–Trinajstić information content (AvgIpc) is 2.79. The second kappa shape index (κ2) is 6.00. The molecule has 1 N–H and O–H groups in total. The van der Waals surface area contributed by atoms with Gasteiger partial charge in [-0.25, -0.2) is 0 Å². The zero-order valence-corrected chi connectivity index (χ0v) is 14.0. The number of fused-ring (bicyclic) bond motifs is 1. The van der Waals surface area contributed by atoms with Gasteiger partial charge in [0.05, 0.1) is 9.89 Å². The third-order valence-electron chi connectivity index (χ3n) is 4.21. The van der Waals surface area contributed by atoms with Crippen LogP contribution in [0.4, 0.5) is 0 Å². The summed E-state index contributed by atoms with van der Waals surface area (Å²) in [4.78, 5) is 1.08. The maximum Gasteiger partial charge on any atom is 0.0888 e. The summed E-state index contributed by atoms with van der Waals surface area (Å²) in [5.74, 6) is 0.496. The van der Waals surface area contributed by atoms with E-state index in [4.69, 9.17) is 0 Å². The van der Waals surface area contributed by atoms with Gasteiger partial charge in [0, 0.05) is 4.88 Å². The normalized spacial score (nSPS) is 19.6. The van der Waals surface area contributed by atoms with Crippen LogP contribution in [0, 0.1) is 6.92 Å². The average molecular weight is 351 g/mol. The third kappa shape index (κ3) is 2.85. The molecule has 1 heterocycles. The topological polar surface area (TPSA) is 20.2 Å². The van der Waals surface area contributed by atoms with Gasteiger partial charge < -0.3 is 5.11 Å². The van der Waals surface area contributed by atoms with Crippen LogP contribution >= 0.6 is 27.3 Å². The Bertz CT molecular complexity index is 585. The van der Waals surface area contributed by atoms with E-state index in [1.165, 1.54) is 36.0 Å². The van der Waals surface area contributed by atoms with E-state index in [1.807, 2.05) is 0 Å². The van der Waals surface area contributed by atoms with Crippen molar-refractivity contribution in [1.29, 1.82) is 0 Å². The highest BCUT2D eigenvalue weighted by molar-refractivity contribution is 9.11. The van der Waals surface area contributed by atoms with Crippen molar-refractivity contribution >= 4 is 27.3 Å². The van der Waals surface area contributed by atoms with Crippen LogP contribution < -0.4 is 0 Å². The molecule has 2 unspecified atom stereocenters. The predicted molar refractivity (Wildman–Crippen MR) is 88.5 cm³/mol. The van der Waals surface area contributed by atoms with Gasteiger partial charge >= 0.3 is 0 Å². The first-order chi connectivity index (χ1) is 9.65. The molecule has 106 valence electrons. The van der Waals surface area contributed by atoms with Gasteiger partial charge in [-0.1, -0.05) is 24.3 Å². The number of aryl methyl sites for hydroxylation is 2. The Morgan fingerprint density at radius 3 is 2.95 bits per heavy atom. The minimum atomic E-state index is -0.346. The molecule has 3 heteroatoms. The number of halogens is 1. The fraction of sp³-hybridized carbons (Fsp3) is 0.412. The van der Waals surface area contributed by atoms with Gasteiger partial charge in [-0.15, -0.1) is 11.3 Å². The molecule has 20 heavy (non-hydrogen) atoms. The van der Waals surface area contributed by atoms with Crippen molar-refractivity contribution in [2.75, 3.05) is 0 Å². The van der Waals surface area contributed by atoms with E-state index in [0.29, 0.717) is 5.92 Å². The number of hydrogen-bond donors (Lipinski definition) is 1. The van der Waals surface area contributed by atoms with Crippen molar-refractivity contribution in [3.63, 3.8) is 0 Å². The first kappa shape index (κ1) is 14.3. The smallest absolute Gasteiger partial charge is 0.0888 e. The fourth-order valence-electron chi connectivity index (χ4n) is 3.13. The molecule has 1 aliphatic rings. The molecular weight excluding hydrogens is 332 g/mol. The maximum atomic E-state index is 10.5. The SMILES string of the molecule is Cc1cc(C(O)CC2CCCc3ccccc32)sc1Br. The first-order valence-corrected chi connectivity index (χ1v) is 8.78. The van der Waals surface area contributed by atoms with Crippen molar-refractivity contribution in [3.05, 3.63) is 55.7 Å². The number of hydrogen-bond acceptors (Lipinski definition) is 2. The summed E-state index contributed by atoms with van der Waals surface area (Å²) < 4.78 is 1.13. The Kier molecular flexibility index (Phi) is 4.29. The molecule has 0 saturated heterocycles. The van der Waals surface area contributed by atoms with Crippen LogP contribution in [0.1, 0.15) is 52.9 Å². The van der Waals surface area contributed by atoms with Gasteiger partial charge in [0.25, 0.3) is 0 Å². The molecule has 0 amide bonds. The first-order valence-electron chi connectivity index (χ1n) is 7.17. The lowest BCUT2D eigenvalue weighted by molar-refractivity contribution is 0.157. The Hall–Kier alpha value is -0.640. The fourth-order valence-corrected chi connectivity index (χ4v) is 4.70. The summed E-state index contributed by atoms with van der Waals surface area (Å²) in [6.07, 6.45) is 4.11. The minimum absolute atomic E-state index is 0.346. The van der Waals surface area contributed by atoms with Gasteiger partial charge in [0.15, 0.2) is 0 Å². The lowest BCUT2D eigenvalue weighted by Gasteiger charge is -2.27. The largest absolute Gasteiger partial charge is 0.388 e. The molecule has 0 fully saturated rings. The number of aliphatic hydroxyl groups is 1. The predicted octanol–water partition coefficient (Wildman–Crippen LogP) is 5.36. The summed E-state index contributed by atoms with van der Waals surface area (Å²) in [5.41, 5.74) is 4.14. The molecule has 0 saturated carbocycles. The minimum Gasteiger partial charge on any atom is -0.388 e. The Balaban J connectivity index is 1.78. The van der Waals surface area contributed by atoms with Crippen LogP contribution in [0.25, 0.3) is 0 Å². The lowest BCUT2D eigenvalue weighted by Crippen LogP contribution is -2.12. The summed E-state index contributed by atoms with van der Waals surface area (Å²) >= 11 is 5.20. The second-order valence-corrected chi connectivity index (χ2v) is 8.05. The van der Waals surface area contributed by atoms with Gasteiger partial charge in [0.1, 0.15) is 0 Å².